The predicted molar refractivity (Wildman–Crippen MR) is 135 cm³/mol. The van der Waals surface area contributed by atoms with Gasteiger partial charge in [0.1, 0.15) is 19.0 Å². The Hall–Kier alpha value is -2.80. The molecule has 0 aliphatic carbocycles. The zero-order valence-corrected chi connectivity index (χ0v) is 19.8. The van der Waals surface area contributed by atoms with Gasteiger partial charge in [-0.2, -0.15) is 5.10 Å². The summed E-state index contributed by atoms with van der Waals surface area (Å²) in [6.07, 6.45) is 1.58. The fraction of sp³-hybridized carbons (Fsp3) is 0.167. The van der Waals surface area contributed by atoms with Gasteiger partial charge in [-0.1, -0.05) is 71.7 Å². The number of nitrogens with one attached hydrogen (secondary N) is 2. The van der Waals surface area contributed by atoms with Crippen molar-refractivity contribution >= 4 is 46.7 Å². The summed E-state index contributed by atoms with van der Waals surface area (Å²) in [5.74, 6) is 1.23. The standard InChI is InChI=1S/C24H23Cl2N3O2S/c1-17-7-5-6-10-22(17)30-11-12-31-23-20(25)13-19(14-21(23)26)16-28-29-24(32)27-15-18-8-3-2-4-9-18/h2-10,13-14,16H,11-12,15H2,1H3,(H2,27,29,32)/b28-16+. The number of aryl methyl sites for hydroxylation is 1. The van der Waals surface area contributed by atoms with E-state index in [0.29, 0.717) is 46.2 Å². The van der Waals surface area contributed by atoms with Gasteiger partial charge in [0, 0.05) is 6.54 Å². The molecule has 3 aromatic carbocycles. The van der Waals surface area contributed by atoms with Gasteiger partial charge < -0.3 is 14.8 Å². The van der Waals surface area contributed by atoms with Crippen molar-refractivity contribution in [1.29, 1.82) is 0 Å². The van der Waals surface area contributed by atoms with Gasteiger partial charge in [-0.3, -0.25) is 5.43 Å². The van der Waals surface area contributed by atoms with Gasteiger partial charge in [0.05, 0.1) is 16.3 Å². The Balaban J connectivity index is 1.46. The maximum atomic E-state index is 6.34. The molecule has 3 rings (SSSR count). The van der Waals surface area contributed by atoms with Gasteiger partial charge >= 0.3 is 0 Å². The van der Waals surface area contributed by atoms with E-state index in [1.54, 1.807) is 18.3 Å². The van der Waals surface area contributed by atoms with Crippen molar-refractivity contribution < 1.29 is 9.47 Å². The number of rotatable bonds is 9. The van der Waals surface area contributed by atoms with Crippen LogP contribution in [0, 0.1) is 6.92 Å². The number of hydrogen-bond donors (Lipinski definition) is 2. The molecule has 0 unspecified atom stereocenters. The van der Waals surface area contributed by atoms with Crippen molar-refractivity contribution in [2.75, 3.05) is 13.2 Å². The molecule has 0 amide bonds. The maximum absolute atomic E-state index is 6.34. The Morgan fingerprint density at radius 1 is 0.969 bits per heavy atom. The summed E-state index contributed by atoms with van der Waals surface area (Å²) in [4.78, 5) is 0. The molecule has 0 saturated heterocycles. The highest BCUT2D eigenvalue weighted by Gasteiger charge is 2.10. The van der Waals surface area contributed by atoms with Gasteiger partial charge in [0.15, 0.2) is 10.9 Å². The highest BCUT2D eigenvalue weighted by molar-refractivity contribution is 7.80. The van der Waals surface area contributed by atoms with Gasteiger partial charge in [-0.15, -0.1) is 0 Å². The van der Waals surface area contributed by atoms with E-state index >= 15 is 0 Å². The normalized spacial score (nSPS) is 10.7. The van der Waals surface area contributed by atoms with E-state index in [1.165, 1.54) is 0 Å². The average molecular weight is 488 g/mol. The molecule has 0 aliphatic heterocycles. The van der Waals surface area contributed by atoms with E-state index in [-0.39, 0.29) is 0 Å². The second-order valence-corrected chi connectivity index (χ2v) is 8.04. The molecule has 5 nitrogen and oxygen atoms in total. The van der Waals surface area contributed by atoms with Crippen LogP contribution in [0.5, 0.6) is 11.5 Å². The lowest BCUT2D eigenvalue weighted by Crippen LogP contribution is -2.31. The first-order valence-electron chi connectivity index (χ1n) is 9.94. The largest absolute Gasteiger partial charge is 0.490 e. The quantitative estimate of drug-likeness (QED) is 0.174. The molecular formula is C24H23Cl2N3O2S. The summed E-state index contributed by atoms with van der Waals surface area (Å²) in [6.45, 7) is 3.28. The van der Waals surface area contributed by atoms with Crippen LogP contribution in [-0.2, 0) is 6.54 Å². The Morgan fingerprint density at radius 2 is 1.62 bits per heavy atom. The van der Waals surface area contributed by atoms with Gasteiger partial charge in [-0.05, 0) is 54.0 Å². The molecule has 0 aromatic heterocycles. The number of hydrogen-bond acceptors (Lipinski definition) is 4. The van der Waals surface area contributed by atoms with E-state index in [4.69, 9.17) is 44.9 Å². The van der Waals surface area contributed by atoms with Gasteiger partial charge in [0.2, 0.25) is 0 Å². The summed E-state index contributed by atoms with van der Waals surface area (Å²) in [6, 6.07) is 21.2. The molecule has 0 spiro atoms. The second kappa shape index (κ2) is 12.3. The molecule has 3 aromatic rings. The third-order valence-electron chi connectivity index (χ3n) is 4.38. The van der Waals surface area contributed by atoms with Gasteiger partial charge in [0.25, 0.3) is 0 Å². The van der Waals surface area contributed by atoms with Crippen LogP contribution in [0.15, 0.2) is 71.8 Å². The van der Waals surface area contributed by atoms with Crippen LogP contribution < -0.4 is 20.2 Å². The third kappa shape index (κ3) is 7.41. The number of benzene rings is 3. The van der Waals surface area contributed by atoms with Crippen LogP contribution in [0.4, 0.5) is 0 Å². The summed E-state index contributed by atoms with van der Waals surface area (Å²) >= 11 is 17.9. The molecule has 0 bridgehead atoms. The average Bonchev–Trinajstić information content (AvgIpc) is 2.78. The highest BCUT2D eigenvalue weighted by Crippen LogP contribution is 2.33. The molecule has 166 valence electrons. The summed E-state index contributed by atoms with van der Waals surface area (Å²) < 4.78 is 11.4. The summed E-state index contributed by atoms with van der Waals surface area (Å²) in [5, 5.41) is 8.40. The van der Waals surface area contributed by atoms with Crippen LogP contribution in [0.1, 0.15) is 16.7 Å². The molecule has 0 aliphatic rings. The minimum Gasteiger partial charge on any atom is -0.490 e. The van der Waals surface area contributed by atoms with E-state index in [9.17, 15) is 0 Å². The lowest BCUT2D eigenvalue weighted by atomic mass is 10.2. The topological polar surface area (TPSA) is 54.9 Å². The van der Waals surface area contributed by atoms with Crippen molar-refractivity contribution in [2.45, 2.75) is 13.5 Å². The Bertz CT molecular complexity index is 1050. The SMILES string of the molecule is Cc1ccccc1OCCOc1c(Cl)cc(/C=N/NC(=S)NCc2ccccc2)cc1Cl. The highest BCUT2D eigenvalue weighted by atomic mass is 35.5. The number of para-hydroxylation sites is 1. The summed E-state index contributed by atoms with van der Waals surface area (Å²) in [7, 11) is 0. The lowest BCUT2D eigenvalue weighted by molar-refractivity contribution is 0.216. The minimum absolute atomic E-state index is 0.310. The van der Waals surface area contributed by atoms with E-state index in [2.05, 4.69) is 15.8 Å². The van der Waals surface area contributed by atoms with Crippen LogP contribution in [0.25, 0.3) is 0 Å². The Kier molecular flexibility index (Phi) is 9.16. The first-order chi connectivity index (χ1) is 15.5. The third-order valence-corrected chi connectivity index (χ3v) is 5.17. The van der Waals surface area contributed by atoms with E-state index in [0.717, 1.165) is 16.9 Å². The molecule has 32 heavy (non-hydrogen) atoms. The van der Waals surface area contributed by atoms with Gasteiger partial charge in [-0.25, -0.2) is 0 Å². The summed E-state index contributed by atoms with van der Waals surface area (Å²) in [5.41, 5.74) is 5.67. The first kappa shape index (κ1) is 23.9. The van der Waals surface area contributed by atoms with Crippen molar-refractivity contribution in [2.24, 2.45) is 5.10 Å². The predicted octanol–water partition coefficient (Wildman–Crippen LogP) is 5.76. The number of nitrogens with zero attached hydrogens (tertiary/aromatic N) is 1. The second-order valence-electron chi connectivity index (χ2n) is 6.81. The molecular weight excluding hydrogens is 465 g/mol. The molecule has 0 fully saturated rings. The number of halogens is 2. The van der Waals surface area contributed by atoms with Crippen molar-refractivity contribution in [3.05, 3.63) is 93.5 Å². The smallest absolute Gasteiger partial charge is 0.187 e. The van der Waals surface area contributed by atoms with E-state index in [1.807, 2.05) is 61.5 Å². The van der Waals surface area contributed by atoms with Crippen molar-refractivity contribution in [3.8, 4) is 11.5 Å². The molecule has 2 N–H and O–H groups in total. The zero-order valence-electron chi connectivity index (χ0n) is 17.5. The van der Waals surface area contributed by atoms with Crippen LogP contribution in [-0.4, -0.2) is 24.5 Å². The lowest BCUT2D eigenvalue weighted by Gasteiger charge is -2.12. The maximum Gasteiger partial charge on any atom is 0.187 e. The zero-order chi connectivity index (χ0) is 22.8. The number of hydrazone groups is 1. The van der Waals surface area contributed by atoms with Crippen LogP contribution in [0.3, 0.4) is 0 Å². The minimum atomic E-state index is 0.310. The Morgan fingerprint density at radius 3 is 2.34 bits per heavy atom. The monoisotopic (exact) mass is 487 g/mol. The van der Waals surface area contributed by atoms with Crippen LogP contribution in [0.2, 0.25) is 10.0 Å². The molecule has 8 heteroatoms. The molecule has 0 heterocycles. The van der Waals surface area contributed by atoms with Crippen molar-refractivity contribution in [1.82, 2.24) is 10.7 Å². The first-order valence-corrected chi connectivity index (χ1v) is 11.1. The van der Waals surface area contributed by atoms with E-state index < -0.39 is 0 Å². The van der Waals surface area contributed by atoms with Crippen LogP contribution >= 0.6 is 35.4 Å². The van der Waals surface area contributed by atoms with Crippen molar-refractivity contribution in [3.63, 3.8) is 0 Å². The fourth-order valence-corrected chi connectivity index (χ4v) is 3.53. The molecule has 0 saturated carbocycles. The number of thiocarbonyl (C=S) groups is 1. The number of ether oxygens (including phenoxy) is 2. The molecule has 0 radical (unpaired) electrons. The fourth-order valence-electron chi connectivity index (χ4n) is 2.79. The Labute approximate surface area is 203 Å². The molecule has 0 atom stereocenters.